The van der Waals surface area contributed by atoms with Gasteiger partial charge in [-0.25, -0.2) is 4.98 Å². The minimum Gasteiger partial charge on any atom is -0.384 e. The Hall–Kier alpha value is -2.51. The van der Waals surface area contributed by atoms with E-state index >= 15 is 0 Å². The van der Waals surface area contributed by atoms with Crippen molar-refractivity contribution in [1.29, 1.82) is 0 Å². The Morgan fingerprint density at radius 2 is 1.85 bits per heavy atom. The summed E-state index contributed by atoms with van der Waals surface area (Å²) < 4.78 is 5.43. The third-order valence-corrected chi connectivity index (χ3v) is 6.07. The molecular weight excluding hydrogens is 410 g/mol. The largest absolute Gasteiger partial charge is 0.384 e. The van der Waals surface area contributed by atoms with Crippen molar-refractivity contribution in [1.82, 2.24) is 20.1 Å². The maximum Gasteiger partial charge on any atom is 0.0730 e. The van der Waals surface area contributed by atoms with Gasteiger partial charge in [-0.1, -0.05) is 36.4 Å². The number of fused-ring (bicyclic) bond motifs is 1. The number of hydrogen-bond donors (Lipinski definition) is 2. The van der Waals surface area contributed by atoms with E-state index in [4.69, 9.17) is 9.72 Å². The van der Waals surface area contributed by atoms with Crippen LogP contribution >= 0.6 is 0 Å². The zero-order valence-corrected chi connectivity index (χ0v) is 20.0. The third kappa shape index (κ3) is 6.98. The van der Waals surface area contributed by atoms with Crippen LogP contribution in [0.15, 0.2) is 54.6 Å². The molecule has 176 valence electrons. The molecule has 0 atom stereocenters. The Morgan fingerprint density at radius 3 is 2.70 bits per heavy atom. The number of para-hydroxylation sites is 1. The van der Waals surface area contributed by atoms with Gasteiger partial charge < -0.3 is 20.3 Å². The van der Waals surface area contributed by atoms with Crippen LogP contribution in [0, 0.1) is 0 Å². The second-order valence-corrected chi connectivity index (χ2v) is 8.99. The summed E-state index contributed by atoms with van der Waals surface area (Å²) in [5.41, 5.74) is 5.64. The van der Waals surface area contributed by atoms with Crippen LogP contribution in [-0.4, -0.2) is 81.4 Å². The molecule has 2 N–H and O–H groups in total. The number of morpholine rings is 1. The normalized spacial score (nSPS) is 14.8. The molecule has 1 aromatic heterocycles. The van der Waals surface area contributed by atoms with Crippen LogP contribution in [0.1, 0.15) is 12.0 Å². The quantitative estimate of drug-likeness (QED) is 0.437. The standard InChI is InChI=1S/C27H37N5O/c1-31(2)13-6-11-29-27-20-26(30-25-10-4-3-9-24(25)27)23-8-5-7-22(19-23)21-28-12-14-32-15-17-33-18-16-32/h3-5,7-10,19-20,28H,6,11-18,21H2,1-2H3,(H,29,30). The molecule has 1 aliphatic heterocycles. The number of nitrogens with zero attached hydrogens (tertiary/aromatic N) is 3. The molecule has 1 fully saturated rings. The molecule has 0 saturated carbocycles. The number of anilines is 1. The first kappa shape index (κ1) is 23.6. The molecule has 1 aliphatic rings. The van der Waals surface area contributed by atoms with Crippen molar-refractivity contribution in [2.75, 3.05) is 71.9 Å². The van der Waals surface area contributed by atoms with Gasteiger partial charge in [-0.15, -0.1) is 0 Å². The highest BCUT2D eigenvalue weighted by atomic mass is 16.5. The highest BCUT2D eigenvalue weighted by Crippen LogP contribution is 2.28. The van der Waals surface area contributed by atoms with Gasteiger partial charge in [0, 0.05) is 55.9 Å². The molecule has 4 rings (SSSR count). The van der Waals surface area contributed by atoms with E-state index in [1.54, 1.807) is 0 Å². The molecule has 2 aromatic carbocycles. The molecule has 0 amide bonds. The van der Waals surface area contributed by atoms with E-state index in [9.17, 15) is 0 Å². The lowest BCUT2D eigenvalue weighted by Gasteiger charge is -2.26. The minimum absolute atomic E-state index is 0.854. The molecule has 6 heteroatoms. The monoisotopic (exact) mass is 447 g/mol. The summed E-state index contributed by atoms with van der Waals surface area (Å²) in [4.78, 5) is 9.65. The first-order valence-electron chi connectivity index (χ1n) is 12.1. The molecule has 3 aromatic rings. The van der Waals surface area contributed by atoms with Gasteiger partial charge in [0.25, 0.3) is 0 Å². The van der Waals surface area contributed by atoms with E-state index in [0.29, 0.717) is 0 Å². The number of benzene rings is 2. The van der Waals surface area contributed by atoms with Crippen LogP contribution in [0.5, 0.6) is 0 Å². The van der Waals surface area contributed by atoms with Gasteiger partial charge >= 0.3 is 0 Å². The average Bonchev–Trinajstić information content (AvgIpc) is 2.85. The van der Waals surface area contributed by atoms with Gasteiger partial charge in [0.2, 0.25) is 0 Å². The lowest BCUT2D eigenvalue weighted by molar-refractivity contribution is 0.0384. The van der Waals surface area contributed by atoms with E-state index in [2.05, 4.69) is 89.1 Å². The van der Waals surface area contributed by atoms with Crippen molar-refractivity contribution in [2.45, 2.75) is 13.0 Å². The number of aromatic nitrogens is 1. The summed E-state index contributed by atoms with van der Waals surface area (Å²) >= 11 is 0. The van der Waals surface area contributed by atoms with E-state index in [1.165, 1.54) is 10.9 Å². The first-order chi connectivity index (χ1) is 16.2. The van der Waals surface area contributed by atoms with Crippen LogP contribution in [-0.2, 0) is 11.3 Å². The molecule has 1 saturated heterocycles. The van der Waals surface area contributed by atoms with Crippen molar-refractivity contribution in [3.8, 4) is 11.3 Å². The minimum atomic E-state index is 0.854. The molecule has 2 heterocycles. The fraction of sp³-hybridized carbons (Fsp3) is 0.444. The molecule has 0 bridgehead atoms. The SMILES string of the molecule is CN(C)CCCNc1cc(-c2cccc(CNCCN3CCOCC3)c2)nc2ccccc12. The van der Waals surface area contributed by atoms with Gasteiger partial charge in [0.05, 0.1) is 24.4 Å². The summed E-state index contributed by atoms with van der Waals surface area (Å²) in [7, 11) is 4.23. The predicted molar refractivity (Wildman–Crippen MR) is 138 cm³/mol. The predicted octanol–water partition coefficient (Wildman–Crippen LogP) is 3.69. The number of ether oxygens (including phenoxy) is 1. The van der Waals surface area contributed by atoms with Gasteiger partial charge in [-0.3, -0.25) is 4.90 Å². The van der Waals surface area contributed by atoms with Crippen molar-refractivity contribution in [3.05, 3.63) is 60.2 Å². The molecule has 0 aliphatic carbocycles. The van der Waals surface area contributed by atoms with Crippen molar-refractivity contribution in [3.63, 3.8) is 0 Å². The van der Waals surface area contributed by atoms with Gasteiger partial charge in [0.1, 0.15) is 0 Å². The summed E-state index contributed by atoms with van der Waals surface area (Å²) in [6, 6.07) is 19.3. The van der Waals surface area contributed by atoms with Crippen LogP contribution in [0.2, 0.25) is 0 Å². The maximum atomic E-state index is 5.43. The number of pyridine rings is 1. The van der Waals surface area contributed by atoms with E-state index < -0.39 is 0 Å². The number of nitrogens with one attached hydrogen (secondary N) is 2. The number of hydrogen-bond acceptors (Lipinski definition) is 6. The van der Waals surface area contributed by atoms with E-state index in [1.807, 2.05) is 0 Å². The van der Waals surface area contributed by atoms with Crippen molar-refractivity contribution < 1.29 is 4.74 Å². The zero-order chi connectivity index (χ0) is 22.9. The Kier molecular flexibility index (Phi) is 8.66. The molecule has 0 spiro atoms. The Labute approximate surface area is 197 Å². The summed E-state index contributed by atoms with van der Waals surface area (Å²) in [6.45, 7) is 8.72. The lowest BCUT2D eigenvalue weighted by Crippen LogP contribution is -2.40. The van der Waals surface area contributed by atoms with Crippen molar-refractivity contribution >= 4 is 16.6 Å². The van der Waals surface area contributed by atoms with Crippen LogP contribution in [0.4, 0.5) is 5.69 Å². The smallest absolute Gasteiger partial charge is 0.0730 e. The highest BCUT2D eigenvalue weighted by molar-refractivity contribution is 5.93. The zero-order valence-electron chi connectivity index (χ0n) is 20.0. The average molecular weight is 448 g/mol. The molecule has 0 radical (unpaired) electrons. The van der Waals surface area contributed by atoms with E-state index in [0.717, 1.165) is 87.9 Å². The highest BCUT2D eigenvalue weighted by Gasteiger charge is 2.10. The van der Waals surface area contributed by atoms with E-state index in [-0.39, 0.29) is 0 Å². The van der Waals surface area contributed by atoms with Crippen molar-refractivity contribution in [2.24, 2.45) is 0 Å². The summed E-state index contributed by atoms with van der Waals surface area (Å²) in [5, 5.41) is 8.41. The summed E-state index contributed by atoms with van der Waals surface area (Å²) in [6.07, 6.45) is 1.10. The third-order valence-electron chi connectivity index (χ3n) is 6.07. The molecule has 33 heavy (non-hydrogen) atoms. The molecule has 0 unspecified atom stereocenters. The Morgan fingerprint density at radius 1 is 1.00 bits per heavy atom. The second-order valence-electron chi connectivity index (χ2n) is 8.99. The first-order valence-corrected chi connectivity index (χ1v) is 12.1. The molecular formula is C27H37N5O. The number of rotatable bonds is 11. The fourth-order valence-corrected chi connectivity index (χ4v) is 4.22. The molecule has 6 nitrogen and oxygen atoms in total. The van der Waals surface area contributed by atoms with Gasteiger partial charge in [0.15, 0.2) is 0 Å². The fourth-order valence-electron chi connectivity index (χ4n) is 4.22. The maximum absolute atomic E-state index is 5.43. The van der Waals surface area contributed by atoms with Crippen LogP contribution in [0.3, 0.4) is 0 Å². The summed E-state index contributed by atoms with van der Waals surface area (Å²) in [5.74, 6) is 0. The Balaban J connectivity index is 1.43. The van der Waals surface area contributed by atoms with Crippen LogP contribution < -0.4 is 10.6 Å². The topological polar surface area (TPSA) is 52.7 Å². The van der Waals surface area contributed by atoms with Gasteiger partial charge in [-0.2, -0.15) is 0 Å². The second kappa shape index (κ2) is 12.1. The van der Waals surface area contributed by atoms with Gasteiger partial charge in [-0.05, 0) is 50.8 Å². The van der Waals surface area contributed by atoms with Crippen LogP contribution in [0.25, 0.3) is 22.2 Å². The lowest BCUT2D eigenvalue weighted by atomic mass is 10.0. The Bertz CT molecular complexity index is 1020.